The molecule has 0 saturated carbocycles. The number of rotatable bonds is 1. The van der Waals surface area contributed by atoms with Gasteiger partial charge in [0.05, 0.1) is 11.2 Å². The van der Waals surface area contributed by atoms with E-state index in [1.165, 1.54) is 20.1 Å². The highest BCUT2D eigenvalue weighted by Crippen LogP contribution is 2.25. The third-order valence-electron chi connectivity index (χ3n) is 2.99. The molecule has 0 aliphatic carbocycles. The molecule has 0 spiro atoms. The monoisotopic (exact) mass is 345 g/mol. The van der Waals surface area contributed by atoms with E-state index in [2.05, 4.69) is 84.1 Å². The average molecular weight is 345 g/mol. The lowest BCUT2D eigenvalue weighted by molar-refractivity contribution is 1.38. The van der Waals surface area contributed by atoms with Crippen molar-refractivity contribution in [2.75, 3.05) is 0 Å². The highest BCUT2D eigenvalue weighted by molar-refractivity contribution is 14.1. The Kier molecular flexibility index (Phi) is 3.04. The van der Waals surface area contributed by atoms with E-state index in [1.54, 1.807) is 0 Å². The molecule has 2 aromatic carbocycles. The molecule has 3 rings (SSSR count). The molecule has 0 N–H and O–H groups in total. The highest BCUT2D eigenvalue weighted by Gasteiger charge is 2.04. The van der Waals surface area contributed by atoms with Gasteiger partial charge in [0.15, 0.2) is 0 Å². The molecule has 0 aliphatic rings. The lowest BCUT2D eigenvalue weighted by Crippen LogP contribution is -1.88. The maximum Gasteiger partial charge on any atom is 0.0720 e. The molecule has 0 saturated heterocycles. The van der Waals surface area contributed by atoms with Gasteiger partial charge in [0.1, 0.15) is 0 Å². The summed E-state index contributed by atoms with van der Waals surface area (Å²) in [7, 11) is 0. The third kappa shape index (κ3) is 2.12. The van der Waals surface area contributed by atoms with Gasteiger partial charge in [0.25, 0.3) is 0 Å². The van der Waals surface area contributed by atoms with Crippen LogP contribution < -0.4 is 0 Å². The van der Waals surface area contributed by atoms with Crippen molar-refractivity contribution < 1.29 is 0 Å². The Labute approximate surface area is 120 Å². The molecule has 0 bridgehead atoms. The quantitative estimate of drug-likeness (QED) is 0.577. The van der Waals surface area contributed by atoms with E-state index in [-0.39, 0.29) is 0 Å². The molecule has 2 heteroatoms. The maximum absolute atomic E-state index is 4.74. The largest absolute Gasteiger partial charge is 0.248 e. The first-order valence-corrected chi connectivity index (χ1v) is 6.94. The van der Waals surface area contributed by atoms with Crippen LogP contribution in [0.5, 0.6) is 0 Å². The van der Waals surface area contributed by atoms with Crippen LogP contribution in [0.15, 0.2) is 54.6 Å². The van der Waals surface area contributed by atoms with Gasteiger partial charge in [-0.2, -0.15) is 0 Å². The van der Waals surface area contributed by atoms with Crippen LogP contribution >= 0.6 is 22.6 Å². The lowest BCUT2D eigenvalue weighted by Gasteiger charge is -2.05. The molecular weight excluding hydrogens is 333 g/mol. The summed E-state index contributed by atoms with van der Waals surface area (Å²) in [5.74, 6) is 0. The van der Waals surface area contributed by atoms with Crippen molar-refractivity contribution in [3.05, 3.63) is 63.7 Å². The summed E-state index contributed by atoms with van der Waals surface area (Å²) in [6, 6.07) is 18.9. The maximum atomic E-state index is 4.74. The van der Waals surface area contributed by atoms with Crippen LogP contribution in [-0.2, 0) is 0 Å². The van der Waals surface area contributed by atoms with Crippen LogP contribution in [0.3, 0.4) is 0 Å². The van der Waals surface area contributed by atoms with E-state index in [0.717, 1.165) is 11.2 Å². The minimum absolute atomic E-state index is 1.04. The third-order valence-corrected chi connectivity index (χ3v) is 3.94. The second-order valence-corrected chi connectivity index (χ2v) is 5.53. The molecule has 18 heavy (non-hydrogen) atoms. The fraction of sp³-hybridized carbons (Fsp3) is 0.0625. The SMILES string of the molecule is Cc1ccc2nc(-c3ccccc3I)ccc2c1. The average Bonchev–Trinajstić information content (AvgIpc) is 2.39. The topological polar surface area (TPSA) is 12.9 Å². The van der Waals surface area contributed by atoms with Gasteiger partial charge in [-0.05, 0) is 53.8 Å². The van der Waals surface area contributed by atoms with Gasteiger partial charge < -0.3 is 0 Å². The minimum atomic E-state index is 1.04. The van der Waals surface area contributed by atoms with E-state index in [9.17, 15) is 0 Å². The van der Waals surface area contributed by atoms with Crippen molar-refractivity contribution in [2.24, 2.45) is 0 Å². The van der Waals surface area contributed by atoms with Crippen LogP contribution in [-0.4, -0.2) is 4.98 Å². The van der Waals surface area contributed by atoms with Gasteiger partial charge >= 0.3 is 0 Å². The first-order chi connectivity index (χ1) is 8.74. The molecule has 0 aliphatic heterocycles. The van der Waals surface area contributed by atoms with Crippen molar-refractivity contribution in [3.63, 3.8) is 0 Å². The Bertz CT molecular complexity index is 719. The fourth-order valence-corrected chi connectivity index (χ4v) is 2.73. The molecule has 0 atom stereocenters. The highest BCUT2D eigenvalue weighted by atomic mass is 127. The zero-order valence-electron chi connectivity index (χ0n) is 10.0. The van der Waals surface area contributed by atoms with E-state index in [4.69, 9.17) is 4.98 Å². The Morgan fingerprint density at radius 2 is 1.78 bits per heavy atom. The van der Waals surface area contributed by atoms with Crippen molar-refractivity contribution >= 4 is 33.5 Å². The van der Waals surface area contributed by atoms with Crippen LogP contribution in [0.1, 0.15) is 5.56 Å². The molecule has 0 radical (unpaired) electrons. The van der Waals surface area contributed by atoms with E-state index in [1.807, 2.05) is 0 Å². The number of nitrogens with zero attached hydrogens (tertiary/aromatic N) is 1. The van der Waals surface area contributed by atoms with E-state index >= 15 is 0 Å². The Morgan fingerprint density at radius 1 is 0.944 bits per heavy atom. The Hall–Kier alpha value is -1.42. The summed E-state index contributed by atoms with van der Waals surface area (Å²) in [5.41, 5.74) is 4.56. The Morgan fingerprint density at radius 3 is 2.61 bits per heavy atom. The van der Waals surface area contributed by atoms with Gasteiger partial charge in [-0.25, -0.2) is 4.98 Å². The van der Waals surface area contributed by atoms with Crippen molar-refractivity contribution in [1.82, 2.24) is 4.98 Å². The predicted molar refractivity (Wildman–Crippen MR) is 84.6 cm³/mol. The molecular formula is C16H12IN. The Balaban J connectivity index is 2.20. The minimum Gasteiger partial charge on any atom is -0.248 e. The van der Waals surface area contributed by atoms with Gasteiger partial charge in [0.2, 0.25) is 0 Å². The lowest BCUT2D eigenvalue weighted by atomic mass is 10.1. The predicted octanol–water partition coefficient (Wildman–Crippen LogP) is 4.81. The summed E-state index contributed by atoms with van der Waals surface area (Å²) < 4.78 is 1.23. The van der Waals surface area contributed by atoms with Crippen molar-refractivity contribution in [1.29, 1.82) is 0 Å². The first kappa shape index (κ1) is 11.7. The molecule has 0 amide bonds. The molecule has 3 aromatic rings. The van der Waals surface area contributed by atoms with Crippen LogP contribution in [0.4, 0.5) is 0 Å². The number of hydrogen-bond donors (Lipinski definition) is 0. The normalized spacial score (nSPS) is 10.8. The smallest absolute Gasteiger partial charge is 0.0720 e. The number of hydrogen-bond acceptors (Lipinski definition) is 1. The second kappa shape index (κ2) is 4.69. The fourth-order valence-electron chi connectivity index (χ4n) is 2.06. The van der Waals surface area contributed by atoms with Crippen molar-refractivity contribution in [2.45, 2.75) is 6.92 Å². The zero-order chi connectivity index (χ0) is 12.5. The summed E-state index contributed by atoms with van der Waals surface area (Å²) in [6.07, 6.45) is 0. The van der Waals surface area contributed by atoms with Gasteiger partial charge in [-0.15, -0.1) is 0 Å². The number of pyridine rings is 1. The summed E-state index contributed by atoms with van der Waals surface area (Å²) in [5, 5.41) is 1.20. The van der Waals surface area contributed by atoms with E-state index < -0.39 is 0 Å². The molecule has 1 nitrogen and oxygen atoms in total. The summed E-state index contributed by atoms with van der Waals surface area (Å²) in [6.45, 7) is 2.10. The van der Waals surface area contributed by atoms with Gasteiger partial charge in [-0.1, -0.05) is 35.9 Å². The van der Waals surface area contributed by atoms with Gasteiger partial charge in [-0.3, -0.25) is 0 Å². The number of aryl methyl sites for hydroxylation is 1. The number of halogens is 1. The molecule has 0 unspecified atom stereocenters. The molecule has 1 aromatic heterocycles. The second-order valence-electron chi connectivity index (χ2n) is 4.37. The van der Waals surface area contributed by atoms with Crippen molar-refractivity contribution in [3.8, 4) is 11.3 Å². The summed E-state index contributed by atoms with van der Waals surface area (Å²) >= 11 is 2.35. The number of fused-ring (bicyclic) bond motifs is 1. The van der Waals surface area contributed by atoms with Crippen LogP contribution in [0, 0.1) is 10.5 Å². The molecule has 1 heterocycles. The van der Waals surface area contributed by atoms with E-state index in [0.29, 0.717) is 0 Å². The standard InChI is InChI=1S/C16H12IN/c1-11-6-8-15-12(10-11)7-9-16(18-15)13-4-2-3-5-14(13)17/h2-10H,1H3. The van der Waals surface area contributed by atoms with Gasteiger partial charge in [0, 0.05) is 14.5 Å². The number of benzene rings is 2. The van der Waals surface area contributed by atoms with Crippen LogP contribution in [0.2, 0.25) is 0 Å². The molecule has 0 fully saturated rings. The zero-order valence-corrected chi connectivity index (χ0v) is 12.2. The van der Waals surface area contributed by atoms with Crippen LogP contribution in [0.25, 0.3) is 22.2 Å². The summed E-state index contributed by atoms with van der Waals surface area (Å²) in [4.78, 5) is 4.74. The number of aromatic nitrogens is 1. The molecule has 88 valence electrons. The first-order valence-electron chi connectivity index (χ1n) is 5.86.